The summed E-state index contributed by atoms with van der Waals surface area (Å²) in [6.07, 6.45) is 2.13. The standard InChI is InChI=1S/C14H24N2/c1-4-14(15)12(2)16(3)11-10-13-8-6-5-7-9-13/h5-9,12,14H,4,10-11,15H2,1-3H3. The van der Waals surface area contributed by atoms with Crippen molar-refractivity contribution in [3.05, 3.63) is 35.9 Å². The van der Waals surface area contributed by atoms with E-state index in [4.69, 9.17) is 5.73 Å². The Morgan fingerprint density at radius 1 is 1.25 bits per heavy atom. The van der Waals surface area contributed by atoms with Crippen LogP contribution in [0.15, 0.2) is 30.3 Å². The van der Waals surface area contributed by atoms with Crippen LogP contribution in [0.2, 0.25) is 0 Å². The Morgan fingerprint density at radius 3 is 2.44 bits per heavy atom. The lowest BCUT2D eigenvalue weighted by Gasteiger charge is -2.29. The fraction of sp³-hybridized carbons (Fsp3) is 0.571. The van der Waals surface area contributed by atoms with Crippen LogP contribution < -0.4 is 5.73 Å². The third-order valence-corrected chi connectivity index (χ3v) is 3.38. The number of nitrogens with two attached hydrogens (primary N) is 1. The average molecular weight is 220 g/mol. The van der Waals surface area contributed by atoms with E-state index in [9.17, 15) is 0 Å². The van der Waals surface area contributed by atoms with Crippen molar-refractivity contribution < 1.29 is 0 Å². The summed E-state index contributed by atoms with van der Waals surface area (Å²) in [7, 11) is 2.16. The summed E-state index contributed by atoms with van der Waals surface area (Å²) in [5, 5.41) is 0. The number of rotatable bonds is 6. The minimum absolute atomic E-state index is 0.278. The Hall–Kier alpha value is -0.860. The summed E-state index contributed by atoms with van der Waals surface area (Å²) >= 11 is 0. The highest BCUT2D eigenvalue weighted by Gasteiger charge is 2.15. The van der Waals surface area contributed by atoms with E-state index in [1.807, 2.05) is 0 Å². The minimum Gasteiger partial charge on any atom is -0.326 e. The molecule has 2 nitrogen and oxygen atoms in total. The van der Waals surface area contributed by atoms with Crippen molar-refractivity contribution in [2.45, 2.75) is 38.8 Å². The van der Waals surface area contributed by atoms with E-state index in [2.05, 4.69) is 56.1 Å². The van der Waals surface area contributed by atoms with Gasteiger partial charge in [-0.2, -0.15) is 0 Å². The second-order valence-corrected chi connectivity index (χ2v) is 4.53. The smallest absolute Gasteiger partial charge is 0.0215 e. The lowest BCUT2D eigenvalue weighted by molar-refractivity contribution is 0.226. The highest BCUT2D eigenvalue weighted by atomic mass is 15.1. The first-order valence-electron chi connectivity index (χ1n) is 6.15. The van der Waals surface area contributed by atoms with Gasteiger partial charge < -0.3 is 10.6 Å². The molecule has 1 rings (SSSR count). The van der Waals surface area contributed by atoms with Crippen LogP contribution in [-0.2, 0) is 6.42 Å². The van der Waals surface area contributed by atoms with E-state index in [-0.39, 0.29) is 6.04 Å². The van der Waals surface area contributed by atoms with Crippen molar-refractivity contribution in [3.63, 3.8) is 0 Å². The molecule has 2 unspecified atom stereocenters. The van der Waals surface area contributed by atoms with E-state index in [1.165, 1.54) is 5.56 Å². The predicted octanol–water partition coefficient (Wildman–Crippen LogP) is 2.29. The summed E-state index contributed by atoms with van der Waals surface area (Å²) in [4.78, 5) is 2.35. The largest absolute Gasteiger partial charge is 0.326 e. The summed E-state index contributed by atoms with van der Waals surface area (Å²) in [6.45, 7) is 5.42. The van der Waals surface area contributed by atoms with E-state index in [0.717, 1.165) is 19.4 Å². The van der Waals surface area contributed by atoms with Gasteiger partial charge in [0.1, 0.15) is 0 Å². The predicted molar refractivity (Wildman–Crippen MR) is 70.5 cm³/mol. The second-order valence-electron chi connectivity index (χ2n) is 4.53. The van der Waals surface area contributed by atoms with Crippen molar-refractivity contribution >= 4 is 0 Å². The maximum atomic E-state index is 6.04. The molecule has 0 aliphatic heterocycles. The van der Waals surface area contributed by atoms with Gasteiger partial charge in [0.25, 0.3) is 0 Å². The zero-order valence-corrected chi connectivity index (χ0v) is 10.7. The number of likely N-dealkylation sites (N-methyl/N-ethyl adjacent to an activating group) is 1. The fourth-order valence-corrected chi connectivity index (χ4v) is 1.82. The van der Waals surface area contributed by atoms with E-state index in [0.29, 0.717) is 6.04 Å². The average Bonchev–Trinajstić information content (AvgIpc) is 2.35. The van der Waals surface area contributed by atoms with Gasteiger partial charge in [-0.15, -0.1) is 0 Å². The van der Waals surface area contributed by atoms with E-state index < -0.39 is 0 Å². The first-order valence-corrected chi connectivity index (χ1v) is 6.15. The molecule has 0 amide bonds. The number of nitrogens with zero attached hydrogens (tertiary/aromatic N) is 1. The van der Waals surface area contributed by atoms with Gasteiger partial charge in [0, 0.05) is 18.6 Å². The maximum Gasteiger partial charge on any atom is 0.0215 e. The Bertz CT molecular complexity index is 284. The zero-order valence-electron chi connectivity index (χ0n) is 10.7. The van der Waals surface area contributed by atoms with Gasteiger partial charge in [-0.25, -0.2) is 0 Å². The van der Waals surface area contributed by atoms with Gasteiger partial charge in [-0.1, -0.05) is 37.3 Å². The first-order chi connectivity index (χ1) is 7.65. The van der Waals surface area contributed by atoms with Gasteiger partial charge in [-0.3, -0.25) is 0 Å². The van der Waals surface area contributed by atoms with Gasteiger partial charge >= 0.3 is 0 Å². The molecule has 0 aliphatic rings. The second kappa shape index (κ2) is 6.66. The molecule has 2 atom stereocenters. The molecule has 16 heavy (non-hydrogen) atoms. The molecule has 2 heteroatoms. The summed E-state index contributed by atoms with van der Waals surface area (Å²) < 4.78 is 0. The number of benzene rings is 1. The Labute approximate surface area is 99.5 Å². The van der Waals surface area contributed by atoms with Gasteiger partial charge in [0.15, 0.2) is 0 Å². The van der Waals surface area contributed by atoms with Crippen LogP contribution in [0.4, 0.5) is 0 Å². The molecule has 0 saturated heterocycles. The molecular formula is C14H24N2. The van der Waals surface area contributed by atoms with Crippen LogP contribution in [0.3, 0.4) is 0 Å². The van der Waals surface area contributed by atoms with Gasteiger partial charge in [0.05, 0.1) is 0 Å². The van der Waals surface area contributed by atoms with Crippen molar-refractivity contribution in [1.29, 1.82) is 0 Å². The van der Waals surface area contributed by atoms with Crippen LogP contribution in [0.25, 0.3) is 0 Å². The van der Waals surface area contributed by atoms with Crippen LogP contribution in [0.5, 0.6) is 0 Å². The summed E-state index contributed by atoms with van der Waals surface area (Å²) in [5.74, 6) is 0. The highest BCUT2D eigenvalue weighted by Crippen LogP contribution is 2.06. The van der Waals surface area contributed by atoms with Crippen LogP contribution in [-0.4, -0.2) is 30.6 Å². The zero-order chi connectivity index (χ0) is 12.0. The van der Waals surface area contributed by atoms with Crippen molar-refractivity contribution in [3.8, 4) is 0 Å². The Kier molecular flexibility index (Phi) is 5.50. The summed E-state index contributed by atoms with van der Waals surface area (Å²) in [6, 6.07) is 11.3. The van der Waals surface area contributed by atoms with Crippen molar-refractivity contribution in [2.75, 3.05) is 13.6 Å². The quantitative estimate of drug-likeness (QED) is 0.797. The lowest BCUT2D eigenvalue weighted by Crippen LogP contribution is -2.44. The van der Waals surface area contributed by atoms with Crippen molar-refractivity contribution in [2.24, 2.45) is 5.73 Å². The van der Waals surface area contributed by atoms with Crippen LogP contribution in [0.1, 0.15) is 25.8 Å². The van der Waals surface area contributed by atoms with Crippen molar-refractivity contribution in [1.82, 2.24) is 4.90 Å². The normalized spacial score (nSPS) is 15.1. The topological polar surface area (TPSA) is 29.3 Å². The first kappa shape index (κ1) is 13.2. The molecular weight excluding hydrogens is 196 g/mol. The molecule has 0 aliphatic carbocycles. The molecule has 0 fully saturated rings. The van der Waals surface area contributed by atoms with Crippen LogP contribution >= 0.6 is 0 Å². The van der Waals surface area contributed by atoms with Gasteiger partial charge in [-0.05, 0) is 32.4 Å². The van der Waals surface area contributed by atoms with Crippen LogP contribution in [0, 0.1) is 0 Å². The van der Waals surface area contributed by atoms with E-state index in [1.54, 1.807) is 0 Å². The fourth-order valence-electron chi connectivity index (χ4n) is 1.82. The molecule has 90 valence electrons. The molecule has 0 spiro atoms. The molecule has 0 aromatic heterocycles. The molecule has 1 aromatic rings. The molecule has 0 heterocycles. The van der Waals surface area contributed by atoms with E-state index >= 15 is 0 Å². The highest BCUT2D eigenvalue weighted by molar-refractivity contribution is 5.14. The monoisotopic (exact) mass is 220 g/mol. The molecule has 0 saturated carbocycles. The maximum absolute atomic E-state index is 6.04. The molecule has 2 N–H and O–H groups in total. The van der Waals surface area contributed by atoms with Gasteiger partial charge in [0.2, 0.25) is 0 Å². The lowest BCUT2D eigenvalue weighted by atomic mass is 10.1. The molecule has 1 aromatic carbocycles. The summed E-state index contributed by atoms with van der Waals surface area (Å²) in [5.41, 5.74) is 7.44. The Balaban J connectivity index is 2.38. The third kappa shape index (κ3) is 3.95. The minimum atomic E-state index is 0.278. The SMILES string of the molecule is CCC(N)C(C)N(C)CCc1ccccc1. The number of hydrogen-bond donors (Lipinski definition) is 1. The third-order valence-electron chi connectivity index (χ3n) is 3.38. The molecule has 0 radical (unpaired) electrons. The molecule has 0 bridgehead atoms. The Morgan fingerprint density at radius 2 is 1.88 bits per heavy atom. The number of hydrogen-bond acceptors (Lipinski definition) is 2.